The lowest BCUT2D eigenvalue weighted by atomic mass is 10.1. The van der Waals surface area contributed by atoms with Gasteiger partial charge in [-0.05, 0) is 36.2 Å². The Labute approximate surface area is 158 Å². The van der Waals surface area contributed by atoms with Gasteiger partial charge >= 0.3 is 0 Å². The van der Waals surface area contributed by atoms with Crippen molar-refractivity contribution in [2.45, 2.75) is 19.8 Å². The molecule has 26 heavy (non-hydrogen) atoms. The quantitative estimate of drug-likeness (QED) is 0.769. The van der Waals surface area contributed by atoms with Crippen LogP contribution in [-0.4, -0.2) is 32.0 Å². The highest BCUT2D eigenvalue weighted by molar-refractivity contribution is 6.30. The molecule has 0 heterocycles. The fourth-order valence-electron chi connectivity index (χ4n) is 2.59. The minimum atomic E-state index is -0.120. The van der Waals surface area contributed by atoms with Gasteiger partial charge in [0.25, 0.3) is 0 Å². The minimum Gasteiger partial charge on any atom is -0.497 e. The van der Waals surface area contributed by atoms with Gasteiger partial charge in [0, 0.05) is 43.2 Å². The molecule has 2 rings (SSSR count). The average molecular weight is 375 g/mol. The molecule has 0 bridgehead atoms. The van der Waals surface area contributed by atoms with E-state index in [1.807, 2.05) is 42.5 Å². The standard InChI is InChI=1S/C20H23ClN2O3/c1-15(24)23(18-7-4-8-19(14-18)26-2)12-10-20(25)22-11-9-16-5-3-6-17(21)13-16/h3-8,13-14H,9-12H2,1-2H3,(H,22,25). The second-order valence-electron chi connectivity index (χ2n) is 5.85. The van der Waals surface area contributed by atoms with E-state index in [-0.39, 0.29) is 18.2 Å². The fraction of sp³-hybridized carbons (Fsp3) is 0.300. The van der Waals surface area contributed by atoms with Crippen molar-refractivity contribution in [3.63, 3.8) is 0 Å². The van der Waals surface area contributed by atoms with Gasteiger partial charge in [-0.25, -0.2) is 0 Å². The lowest BCUT2D eigenvalue weighted by Gasteiger charge is -2.21. The second-order valence-corrected chi connectivity index (χ2v) is 6.29. The van der Waals surface area contributed by atoms with Crippen molar-refractivity contribution < 1.29 is 14.3 Å². The molecule has 0 atom stereocenters. The van der Waals surface area contributed by atoms with Crippen molar-refractivity contribution in [2.75, 3.05) is 25.1 Å². The van der Waals surface area contributed by atoms with Crippen molar-refractivity contribution in [1.82, 2.24) is 5.32 Å². The van der Waals surface area contributed by atoms with Gasteiger partial charge in [0.2, 0.25) is 11.8 Å². The zero-order valence-electron chi connectivity index (χ0n) is 15.0. The maximum absolute atomic E-state index is 12.1. The Morgan fingerprint density at radius 1 is 1.15 bits per heavy atom. The van der Waals surface area contributed by atoms with Crippen LogP contribution in [0.15, 0.2) is 48.5 Å². The summed E-state index contributed by atoms with van der Waals surface area (Å²) in [5.41, 5.74) is 1.78. The van der Waals surface area contributed by atoms with E-state index < -0.39 is 0 Å². The number of ether oxygens (including phenoxy) is 1. The summed E-state index contributed by atoms with van der Waals surface area (Å²) in [5, 5.41) is 3.56. The highest BCUT2D eigenvalue weighted by atomic mass is 35.5. The zero-order chi connectivity index (χ0) is 18.9. The smallest absolute Gasteiger partial charge is 0.223 e. The number of amides is 2. The van der Waals surface area contributed by atoms with Crippen LogP contribution in [0.3, 0.4) is 0 Å². The van der Waals surface area contributed by atoms with Crippen LogP contribution in [0.4, 0.5) is 5.69 Å². The Hall–Kier alpha value is -2.53. The van der Waals surface area contributed by atoms with Gasteiger partial charge in [0.1, 0.15) is 5.75 Å². The summed E-state index contributed by atoms with van der Waals surface area (Å²) in [7, 11) is 1.57. The molecule has 0 saturated carbocycles. The summed E-state index contributed by atoms with van der Waals surface area (Å²) in [6, 6.07) is 14.8. The van der Waals surface area contributed by atoms with Gasteiger partial charge in [-0.15, -0.1) is 0 Å². The number of carbonyl (C=O) groups is 2. The third-order valence-electron chi connectivity index (χ3n) is 3.93. The van der Waals surface area contributed by atoms with E-state index >= 15 is 0 Å². The van der Waals surface area contributed by atoms with Crippen LogP contribution in [0.25, 0.3) is 0 Å². The number of nitrogens with zero attached hydrogens (tertiary/aromatic N) is 1. The molecular formula is C20H23ClN2O3. The number of rotatable bonds is 8. The molecule has 5 nitrogen and oxygen atoms in total. The largest absolute Gasteiger partial charge is 0.497 e. The van der Waals surface area contributed by atoms with Crippen LogP contribution < -0.4 is 15.0 Å². The number of hydrogen-bond donors (Lipinski definition) is 1. The molecule has 138 valence electrons. The average Bonchev–Trinajstić information content (AvgIpc) is 2.62. The monoisotopic (exact) mass is 374 g/mol. The molecule has 0 radical (unpaired) electrons. The Bertz CT molecular complexity index is 764. The first kappa shape index (κ1) is 19.8. The van der Waals surface area contributed by atoms with E-state index in [0.717, 1.165) is 5.56 Å². The summed E-state index contributed by atoms with van der Waals surface area (Å²) >= 11 is 5.95. The van der Waals surface area contributed by atoms with Gasteiger partial charge in [-0.1, -0.05) is 29.8 Å². The zero-order valence-corrected chi connectivity index (χ0v) is 15.8. The first-order valence-corrected chi connectivity index (χ1v) is 8.80. The first-order valence-electron chi connectivity index (χ1n) is 8.43. The molecule has 0 aliphatic rings. The van der Waals surface area contributed by atoms with Crippen molar-refractivity contribution in [3.05, 3.63) is 59.1 Å². The fourth-order valence-corrected chi connectivity index (χ4v) is 2.80. The van der Waals surface area contributed by atoms with E-state index in [9.17, 15) is 9.59 Å². The van der Waals surface area contributed by atoms with Crippen LogP contribution in [0, 0.1) is 0 Å². The van der Waals surface area contributed by atoms with E-state index in [4.69, 9.17) is 16.3 Å². The van der Waals surface area contributed by atoms with Crippen LogP contribution in [0.2, 0.25) is 5.02 Å². The molecule has 2 amide bonds. The van der Waals surface area contributed by atoms with E-state index in [1.54, 1.807) is 18.1 Å². The van der Waals surface area contributed by atoms with Crippen molar-refractivity contribution in [3.8, 4) is 5.75 Å². The summed E-state index contributed by atoms with van der Waals surface area (Å²) < 4.78 is 5.19. The number of halogens is 1. The molecule has 0 spiro atoms. The summed E-state index contributed by atoms with van der Waals surface area (Å²) in [6.45, 7) is 2.32. The molecule has 0 saturated heterocycles. The normalized spacial score (nSPS) is 10.3. The summed E-state index contributed by atoms with van der Waals surface area (Å²) in [5.74, 6) is 0.450. The summed E-state index contributed by atoms with van der Waals surface area (Å²) in [4.78, 5) is 25.6. The maximum Gasteiger partial charge on any atom is 0.223 e. The third-order valence-corrected chi connectivity index (χ3v) is 4.17. The Kier molecular flexibility index (Phi) is 7.48. The lowest BCUT2D eigenvalue weighted by Crippen LogP contribution is -2.34. The van der Waals surface area contributed by atoms with E-state index in [0.29, 0.717) is 36.0 Å². The molecule has 0 aliphatic carbocycles. The lowest BCUT2D eigenvalue weighted by molar-refractivity contribution is -0.121. The molecule has 2 aromatic rings. The van der Waals surface area contributed by atoms with Crippen molar-refractivity contribution in [1.29, 1.82) is 0 Å². The predicted molar refractivity (Wildman–Crippen MR) is 104 cm³/mol. The molecular weight excluding hydrogens is 352 g/mol. The highest BCUT2D eigenvalue weighted by Crippen LogP contribution is 2.21. The molecule has 1 N–H and O–H groups in total. The number of nitrogens with one attached hydrogen (secondary N) is 1. The number of benzene rings is 2. The van der Waals surface area contributed by atoms with E-state index in [1.165, 1.54) is 6.92 Å². The highest BCUT2D eigenvalue weighted by Gasteiger charge is 2.14. The van der Waals surface area contributed by atoms with Crippen LogP contribution in [0.1, 0.15) is 18.9 Å². The van der Waals surface area contributed by atoms with E-state index in [2.05, 4.69) is 5.32 Å². The molecule has 0 unspecified atom stereocenters. The molecule has 6 heteroatoms. The second kappa shape index (κ2) is 9.82. The minimum absolute atomic E-state index is 0.0961. The van der Waals surface area contributed by atoms with Gasteiger partial charge in [0.05, 0.1) is 7.11 Å². The Morgan fingerprint density at radius 2 is 1.92 bits per heavy atom. The molecule has 0 aliphatic heterocycles. The molecule has 2 aromatic carbocycles. The molecule has 0 aromatic heterocycles. The van der Waals surface area contributed by atoms with Crippen LogP contribution >= 0.6 is 11.6 Å². The number of anilines is 1. The van der Waals surface area contributed by atoms with Crippen LogP contribution in [-0.2, 0) is 16.0 Å². The topological polar surface area (TPSA) is 58.6 Å². The summed E-state index contributed by atoms with van der Waals surface area (Å²) in [6.07, 6.45) is 0.935. The van der Waals surface area contributed by atoms with Gasteiger partial charge in [0.15, 0.2) is 0 Å². The number of hydrogen-bond acceptors (Lipinski definition) is 3. The van der Waals surface area contributed by atoms with Crippen molar-refractivity contribution in [2.24, 2.45) is 0 Å². The Balaban J connectivity index is 1.84. The predicted octanol–water partition coefficient (Wildman–Crippen LogP) is 3.45. The van der Waals surface area contributed by atoms with Gasteiger partial charge in [-0.3, -0.25) is 9.59 Å². The third kappa shape index (κ3) is 6.08. The number of methoxy groups -OCH3 is 1. The SMILES string of the molecule is COc1cccc(N(CCC(=O)NCCc2cccc(Cl)c2)C(C)=O)c1. The number of carbonyl (C=O) groups excluding carboxylic acids is 2. The van der Waals surface area contributed by atoms with Crippen LogP contribution in [0.5, 0.6) is 5.75 Å². The maximum atomic E-state index is 12.1. The first-order chi connectivity index (χ1) is 12.5. The van der Waals surface area contributed by atoms with Crippen molar-refractivity contribution >= 4 is 29.1 Å². The molecule has 0 fully saturated rings. The van der Waals surface area contributed by atoms with Gasteiger partial charge in [-0.2, -0.15) is 0 Å². The van der Waals surface area contributed by atoms with Gasteiger partial charge < -0.3 is 15.0 Å². The Morgan fingerprint density at radius 3 is 2.62 bits per heavy atom.